The first kappa shape index (κ1) is 16.0. The van der Waals surface area contributed by atoms with Crippen LogP contribution in [0, 0.1) is 5.41 Å². The molecule has 1 fully saturated rings. The van der Waals surface area contributed by atoms with Crippen LogP contribution in [0.3, 0.4) is 0 Å². The van der Waals surface area contributed by atoms with E-state index in [0.29, 0.717) is 0 Å². The van der Waals surface area contributed by atoms with Crippen LogP contribution in [0.5, 0.6) is 0 Å². The molecule has 21 heavy (non-hydrogen) atoms. The second kappa shape index (κ2) is 7.05. The maximum Gasteiger partial charge on any atom is 0.225 e. The highest BCUT2D eigenvalue weighted by molar-refractivity contribution is 5.81. The summed E-state index contributed by atoms with van der Waals surface area (Å²) < 4.78 is 5.39. The summed E-state index contributed by atoms with van der Waals surface area (Å²) in [5, 5.41) is 3.20. The molecule has 1 aliphatic rings. The van der Waals surface area contributed by atoms with Crippen molar-refractivity contribution in [3.05, 3.63) is 35.9 Å². The molecule has 0 bridgehead atoms. The molecule has 2 rings (SSSR count). The summed E-state index contributed by atoms with van der Waals surface area (Å²) in [5.41, 5.74) is 0.777. The molecule has 4 heteroatoms. The lowest BCUT2D eigenvalue weighted by atomic mass is 9.94. The Balaban J connectivity index is 2.08. The summed E-state index contributed by atoms with van der Waals surface area (Å²) in [7, 11) is 0. The molecule has 0 unspecified atom stereocenters. The van der Waals surface area contributed by atoms with Crippen LogP contribution in [0.15, 0.2) is 30.3 Å². The quantitative estimate of drug-likeness (QED) is 0.924. The zero-order valence-corrected chi connectivity index (χ0v) is 13.3. The van der Waals surface area contributed by atoms with Gasteiger partial charge in [-0.2, -0.15) is 0 Å². The van der Waals surface area contributed by atoms with Gasteiger partial charge in [0, 0.05) is 25.0 Å². The van der Waals surface area contributed by atoms with E-state index >= 15 is 0 Å². The lowest BCUT2D eigenvalue weighted by Gasteiger charge is -2.32. The summed E-state index contributed by atoms with van der Waals surface area (Å²) in [6.07, 6.45) is 0. The molecule has 1 heterocycles. The highest BCUT2D eigenvalue weighted by atomic mass is 16.5. The summed E-state index contributed by atoms with van der Waals surface area (Å²) in [4.78, 5) is 14.7. The van der Waals surface area contributed by atoms with Crippen molar-refractivity contribution in [2.45, 2.75) is 26.8 Å². The second-order valence-electron chi connectivity index (χ2n) is 6.60. The van der Waals surface area contributed by atoms with Gasteiger partial charge in [0.1, 0.15) is 0 Å². The molecule has 1 aromatic rings. The van der Waals surface area contributed by atoms with Gasteiger partial charge >= 0.3 is 0 Å². The number of ether oxygens (including phenoxy) is 1. The van der Waals surface area contributed by atoms with Gasteiger partial charge in [0.2, 0.25) is 5.91 Å². The van der Waals surface area contributed by atoms with Crippen LogP contribution < -0.4 is 5.32 Å². The lowest BCUT2D eigenvalue weighted by molar-refractivity contribution is -0.129. The summed E-state index contributed by atoms with van der Waals surface area (Å²) in [5.74, 6) is 0.0876. The third kappa shape index (κ3) is 4.83. The first-order valence-electron chi connectivity index (χ1n) is 7.63. The topological polar surface area (TPSA) is 41.6 Å². The number of hydrogen-bond acceptors (Lipinski definition) is 3. The fourth-order valence-electron chi connectivity index (χ4n) is 2.34. The molecule has 0 saturated carbocycles. The minimum Gasteiger partial charge on any atom is -0.379 e. The number of morpholine rings is 1. The molecule has 1 saturated heterocycles. The summed E-state index contributed by atoms with van der Waals surface area (Å²) in [6, 6.07) is 10.2. The van der Waals surface area contributed by atoms with Gasteiger partial charge in [0.25, 0.3) is 0 Å². The zero-order chi connectivity index (χ0) is 15.3. The summed E-state index contributed by atoms with van der Waals surface area (Å²) in [6.45, 7) is 10.1. The van der Waals surface area contributed by atoms with Gasteiger partial charge in [-0.15, -0.1) is 0 Å². The van der Waals surface area contributed by atoms with Crippen molar-refractivity contribution in [3.8, 4) is 0 Å². The van der Waals surface area contributed by atoms with Gasteiger partial charge in [0.05, 0.1) is 19.3 Å². The Morgan fingerprint density at radius 3 is 2.43 bits per heavy atom. The molecule has 0 aromatic heterocycles. The van der Waals surface area contributed by atoms with Crippen molar-refractivity contribution >= 4 is 5.91 Å². The standard InChI is InChI=1S/C17H26N2O2/c1-17(2,3)16(20)18-15(14-7-5-4-6-8-14)13-19-9-11-21-12-10-19/h4-8,15H,9-13H2,1-3H3,(H,18,20)/t15-/m1/s1. The molecule has 0 aliphatic carbocycles. The maximum atomic E-state index is 12.3. The maximum absolute atomic E-state index is 12.3. The highest BCUT2D eigenvalue weighted by Crippen LogP contribution is 2.19. The molecule has 1 aliphatic heterocycles. The van der Waals surface area contributed by atoms with E-state index in [1.165, 1.54) is 0 Å². The van der Waals surface area contributed by atoms with Crippen LogP contribution in [0.2, 0.25) is 0 Å². The van der Waals surface area contributed by atoms with Gasteiger partial charge in [0.15, 0.2) is 0 Å². The lowest BCUT2D eigenvalue weighted by Crippen LogP contribution is -2.45. The molecule has 1 amide bonds. The monoisotopic (exact) mass is 290 g/mol. The van der Waals surface area contributed by atoms with Crippen molar-refractivity contribution in [2.75, 3.05) is 32.8 Å². The van der Waals surface area contributed by atoms with Gasteiger partial charge in [-0.3, -0.25) is 9.69 Å². The number of carbonyl (C=O) groups is 1. The van der Waals surface area contributed by atoms with E-state index in [1.807, 2.05) is 39.0 Å². The molecular weight excluding hydrogens is 264 g/mol. The molecule has 1 atom stereocenters. The Morgan fingerprint density at radius 2 is 1.86 bits per heavy atom. The Bertz CT molecular complexity index is 448. The minimum atomic E-state index is -0.377. The average molecular weight is 290 g/mol. The number of hydrogen-bond donors (Lipinski definition) is 1. The van der Waals surface area contributed by atoms with E-state index < -0.39 is 0 Å². The first-order valence-corrected chi connectivity index (χ1v) is 7.63. The minimum absolute atomic E-state index is 0.0241. The molecule has 0 spiro atoms. The van der Waals surface area contributed by atoms with Crippen LogP contribution in [0.4, 0.5) is 0 Å². The largest absolute Gasteiger partial charge is 0.379 e. The molecule has 1 aromatic carbocycles. The van der Waals surface area contributed by atoms with E-state index in [4.69, 9.17) is 4.74 Å². The number of nitrogens with zero attached hydrogens (tertiary/aromatic N) is 1. The Labute approximate surface area is 127 Å². The predicted octanol–water partition coefficient (Wildman–Crippen LogP) is 2.22. The fourth-order valence-corrected chi connectivity index (χ4v) is 2.34. The Morgan fingerprint density at radius 1 is 1.24 bits per heavy atom. The number of rotatable bonds is 4. The molecule has 1 N–H and O–H groups in total. The molecule has 116 valence electrons. The smallest absolute Gasteiger partial charge is 0.225 e. The Hall–Kier alpha value is -1.39. The van der Waals surface area contributed by atoms with Gasteiger partial charge in [-0.1, -0.05) is 51.1 Å². The number of benzene rings is 1. The molecule has 0 radical (unpaired) electrons. The summed E-state index contributed by atoms with van der Waals surface area (Å²) >= 11 is 0. The van der Waals surface area contributed by atoms with Crippen LogP contribution in [0.25, 0.3) is 0 Å². The molecular formula is C17H26N2O2. The van der Waals surface area contributed by atoms with E-state index in [9.17, 15) is 4.79 Å². The number of carbonyl (C=O) groups excluding carboxylic acids is 1. The van der Waals surface area contributed by atoms with Crippen LogP contribution in [-0.2, 0) is 9.53 Å². The van der Waals surface area contributed by atoms with E-state index in [0.717, 1.165) is 38.4 Å². The van der Waals surface area contributed by atoms with Crippen LogP contribution >= 0.6 is 0 Å². The van der Waals surface area contributed by atoms with Crippen molar-refractivity contribution in [2.24, 2.45) is 5.41 Å². The van der Waals surface area contributed by atoms with Crippen molar-refractivity contribution in [1.29, 1.82) is 0 Å². The van der Waals surface area contributed by atoms with Crippen molar-refractivity contribution < 1.29 is 9.53 Å². The fraction of sp³-hybridized carbons (Fsp3) is 0.588. The second-order valence-corrected chi connectivity index (χ2v) is 6.60. The predicted molar refractivity (Wildman–Crippen MR) is 84.0 cm³/mol. The van der Waals surface area contributed by atoms with Crippen molar-refractivity contribution in [3.63, 3.8) is 0 Å². The number of amides is 1. The SMILES string of the molecule is CC(C)(C)C(=O)N[C@H](CN1CCOCC1)c1ccccc1. The van der Waals surface area contributed by atoms with Crippen LogP contribution in [0.1, 0.15) is 32.4 Å². The van der Waals surface area contributed by atoms with Gasteiger partial charge < -0.3 is 10.1 Å². The van der Waals surface area contributed by atoms with E-state index in [1.54, 1.807) is 0 Å². The zero-order valence-electron chi connectivity index (χ0n) is 13.3. The van der Waals surface area contributed by atoms with Crippen molar-refractivity contribution in [1.82, 2.24) is 10.2 Å². The van der Waals surface area contributed by atoms with Crippen LogP contribution in [-0.4, -0.2) is 43.7 Å². The Kier molecular flexibility index (Phi) is 5.37. The first-order chi connectivity index (χ1) is 9.97. The van der Waals surface area contributed by atoms with E-state index in [-0.39, 0.29) is 17.4 Å². The average Bonchev–Trinajstić information content (AvgIpc) is 2.47. The normalized spacial score (nSPS) is 18.2. The van der Waals surface area contributed by atoms with Gasteiger partial charge in [-0.25, -0.2) is 0 Å². The highest BCUT2D eigenvalue weighted by Gasteiger charge is 2.26. The van der Waals surface area contributed by atoms with E-state index in [2.05, 4.69) is 22.3 Å². The van der Waals surface area contributed by atoms with Gasteiger partial charge in [-0.05, 0) is 5.56 Å². The third-order valence-corrected chi connectivity index (χ3v) is 3.73. The number of nitrogens with one attached hydrogen (secondary N) is 1. The third-order valence-electron chi connectivity index (χ3n) is 3.73. The molecule has 4 nitrogen and oxygen atoms in total.